The molecule has 0 bridgehead atoms. The number of sulfonamides is 1. The number of nitrogens with zero attached hydrogens (tertiary/aromatic N) is 1. The Hall–Kier alpha value is -0.470. The summed E-state index contributed by atoms with van der Waals surface area (Å²) in [6.45, 7) is 3.73. The van der Waals surface area contributed by atoms with Crippen LogP contribution in [0.4, 0.5) is 0 Å². The maximum absolute atomic E-state index is 12.6. The lowest BCUT2D eigenvalue weighted by atomic mass is 9.80. The molecule has 134 valence electrons. The normalized spacial score (nSPS) is 22.4. The Morgan fingerprint density at radius 3 is 2.33 bits per heavy atom. The molecule has 1 saturated carbocycles. The third-order valence-corrected chi connectivity index (χ3v) is 7.13. The molecule has 1 aliphatic heterocycles. The number of morpholine rings is 1. The van der Waals surface area contributed by atoms with E-state index in [9.17, 15) is 8.42 Å². The molecule has 1 aromatic rings. The largest absolute Gasteiger partial charge is 0.379 e. The molecule has 2 fully saturated rings. The minimum absolute atomic E-state index is 0.0650. The highest BCUT2D eigenvalue weighted by molar-refractivity contribution is 9.10. The first-order valence-electron chi connectivity index (χ1n) is 8.60. The molecular weight excluding hydrogens is 392 g/mol. The lowest BCUT2D eigenvalue weighted by Gasteiger charge is -2.48. The van der Waals surface area contributed by atoms with Gasteiger partial charge in [0.1, 0.15) is 0 Å². The van der Waals surface area contributed by atoms with E-state index >= 15 is 0 Å². The zero-order valence-corrected chi connectivity index (χ0v) is 16.2. The first-order valence-corrected chi connectivity index (χ1v) is 10.9. The molecule has 0 spiro atoms. The van der Waals surface area contributed by atoms with Crippen molar-refractivity contribution in [2.75, 3.05) is 32.8 Å². The fourth-order valence-electron chi connectivity index (χ4n) is 3.78. The highest BCUT2D eigenvalue weighted by Crippen LogP contribution is 2.34. The van der Waals surface area contributed by atoms with Gasteiger partial charge in [-0.2, -0.15) is 0 Å². The van der Waals surface area contributed by atoms with E-state index in [2.05, 4.69) is 25.6 Å². The van der Waals surface area contributed by atoms with Gasteiger partial charge < -0.3 is 4.74 Å². The summed E-state index contributed by atoms with van der Waals surface area (Å²) in [5.74, 6) is 0. The molecule has 1 saturated heterocycles. The molecule has 0 unspecified atom stereocenters. The van der Waals surface area contributed by atoms with Crippen molar-refractivity contribution in [3.8, 4) is 0 Å². The van der Waals surface area contributed by atoms with Crippen molar-refractivity contribution in [3.63, 3.8) is 0 Å². The zero-order chi connectivity index (χ0) is 17.0. The van der Waals surface area contributed by atoms with E-state index in [1.807, 2.05) is 0 Å². The molecule has 2 aliphatic rings. The van der Waals surface area contributed by atoms with Gasteiger partial charge in [-0.3, -0.25) is 4.90 Å². The highest BCUT2D eigenvalue weighted by atomic mass is 79.9. The van der Waals surface area contributed by atoms with Crippen LogP contribution in [-0.4, -0.2) is 51.7 Å². The number of ether oxygens (including phenoxy) is 1. The summed E-state index contributed by atoms with van der Waals surface area (Å²) in [5.41, 5.74) is -0.0650. The summed E-state index contributed by atoms with van der Waals surface area (Å²) in [6, 6.07) is 6.78. The second-order valence-electron chi connectivity index (χ2n) is 6.66. The van der Waals surface area contributed by atoms with Crippen molar-refractivity contribution < 1.29 is 13.2 Å². The number of hydrogen-bond acceptors (Lipinski definition) is 4. The van der Waals surface area contributed by atoms with Crippen LogP contribution >= 0.6 is 15.9 Å². The molecule has 5 nitrogen and oxygen atoms in total. The van der Waals surface area contributed by atoms with E-state index in [1.165, 1.54) is 6.42 Å². The van der Waals surface area contributed by atoms with Crippen LogP contribution < -0.4 is 4.72 Å². The fraction of sp³-hybridized carbons (Fsp3) is 0.647. The number of rotatable bonds is 5. The zero-order valence-electron chi connectivity index (χ0n) is 13.8. The molecule has 1 N–H and O–H groups in total. The summed E-state index contributed by atoms with van der Waals surface area (Å²) in [4.78, 5) is 2.76. The van der Waals surface area contributed by atoms with E-state index in [4.69, 9.17) is 4.74 Å². The Bertz CT molecular complexity index is 636. The van der Waals surface area contributed by atoms with Gasteiger partial charge in [-0.25, -0.2) is 13.1 Å². The van der Waals surface area contributed by atoms with E-state index in [0.29, 0.717) is 11.4 Å². The summed E-state index contributed by atoms with van der Waals surface area (Å²) in [5, 5.41) is 0. The van der Waals surface area contributed by atoms with Crippen molar-refractivity contribution >= 4 is 26.0 Å². The van der Waals surface area contributed by atoms with Crippen LogP contribution in [0.1, 0.15) is 32.1 Å². The average molecular weight is 417 g/mol. The molecular formula is C17H25BrN2O3S. The van der Waals surface area contributed by atoms with Crippen molar-refractivity contribution in [2.45, 2.75) is 42.5 Å². The Balaban J connectivity index is 1.74. The molecule has 0 atom stereocenters. The molecule has 24 heavy (non-hydrogen) atoms. The van der Waals surface area contributed by atoms with Gasteiger partial charge in [0.2, 0.25) is 10.0 Å². The van der Waals surface area contributed by atoms with E-state index < -0.39 is 10.0 Å². The number of nitrogens with one attached hydrogen (secondary N) is 1. The highest BCUT2D eigenvalue weighted by Gasteiger charge is 2.39. The van der Waals surface area contributed by atoms with E-state index in [-0.39, 0.29) is 5.54 Å². The quantitative estimate of drug-likeness (QED) is 0.801. The SMILES string of the molecule is O=S(=O)(NCC1(N2CCOCC2)CCCCC1)c1ccc(Br)cc1. The smallest absolute Gasteiger partial charge is 0.240 e. The van der Waals surface area contributed by atoms with Gasteiger partial charge in [-0.05, 0) is 37.1 Å². The van der Waals surface area contributed by atoms with Crippen molar-refractivity contribution in [1.29, 1.82) is 0 Å². The number of halogens is 1. The van der Waals surface area contributed by atoms with E-state index in [0.717, 1.165) is 56.5 Å². The molecule has 7 heteroatoms. The van der Waals surface area contributed by atoms with Gasteiger partial charge in [0.25, 0.3) is 0 Å². The van der Waals surface area contributed by atoms with Crippen molar-refractivity contribution in [2.24, 2.45) is 0 Å². The Morgan fingerprint density at radius 1 is 1.08 bits per heavy atom. The molecule has 1 aromatic carbocycles. The molecule has 0 aromatic heterocycles. The second kappa shape index (κ2) is 7.83. The molecule has 3 rings (SSSR count). The summed E-state index contributed by atoms with van der Waals surface area (Å²) in [7, 11) is -3.48. The van der Waals surface area contributed by atoms with E-state index in [1.54, 1.807) is 24.3 Å². The summed E-state index contributed by atoms with van der Waals surface area (Å²) >= 11 is 3.34. The first kappa shape index (κ1) is 18.3. The number of benzene rings is 1. The molecule has 0 radical (unpaired) electrons. The van der Waals surface area contributed by atoms with Crippen LogP contribution in [0.3, 0.4) is 0 Å². The van der Waals surface area contributed by atoms with Crippen LogP contribution in [-0.2, 0) is 14.8 Å². The lowest BCUT2D eigenvalue weighted by molar-refractivity contribution is -0.0348. The number of hydrogen-bond donors (Lipinski definition) is 1. The van der Waals surface area contributed by atoms with Gasteiger partial charge in [0.15, 0.2) is 0 Å². The van der Waals surface area contributed by atoms with Crippen LogP contribution in [0, 0.1) is 0 Å². The maximum Gasteiger partial charge on any atom is 0.240 e. The standard InChI is InChI=1S/C17H25BrN2O3S/c18-15-4-6-16(7-5-15)24(21,22)19-14-17(8-2-1-3-9-17)20-10-12-23-13-11-20/h4-7,19H,1-3,8-14H2. The van der Waals surface area contributed by atoms with Gasteiger partial charge in [0.05, 0.1) is 18.1 Å². The summed E-state index contributed by atoms with van der Waals surface area (Å²) in [6.07, 6.45) is 5.67. The third-order valence-electron chi connectivity index (χ3n) is 5.18. The third kappa shape index (κ3) is 4.19. The maximum atomic E-state index is 12.6. The monoisotopic (exact) mass is 416 g/mol. The average Bonchev–Trinajstić information content (AvgIpc) is 2.62. The Labute approximate surface area is 152 Å². The van der Waals surface area contributed by atoms with Crippen molar-refractivity contribution in [1.82, 2.24) is 9.62 Å². The fourth-order valence-corrected chi connectivity index (χ4v) is 5.16. The van der Waals surface area contributed by atoms with Gasteiger partial charge in [-0.1, -0.05) is 35.2 Å². The van der Waals surface area contributed by atoms with Crippen LogP contribution in [0.2, 0.25) is 0 Å². The van der Waals surface area contributed by atoms with Crippen LogP contribution in [0.25, 0.3) is 0 Å². The second-order valence-corrected chi connectivity index (χ2v) is 9.35. The van der Waals surface area contributed by atoms with Gasteiger partial charge >= 0.3 is 0 Å². The topological polar surface area (TPSA) is 58.6 Å². The predicted molar refractivity (Wildman–Crippen MR) is 97.5 cm³/mol. The minimum atomic E-state index is -3.48. The minimum Gasteiger partial charge on any atom is -0.379 e. The predicted octanol–water partition coefficient (Wildman–Crippen LogP) is 2.76. The van der Waals surface area contributed by atoms with Crippen LogP contribution in [0.15, 0.2) is 33.6 Å². The molecule has 1 aliphatic carbocycles. The first-order chi connectivity index (χ1) is 11.5. The van der Waals surface area contributed by atoms with Crippen LogP contribution in [0.5, 0.6) is 0 Å². The van der Waals surface area contributed by atoms with Crippen molar-refractivity contribution in [3.05, 3.63) is 28.7 Å². The summed E-state index contributed by atoms with van der Waals surface area (Å²) < 4.78 is 34.5. The lowest BCUT2D eigenvalue weighted by Crippen LogP contribution is -2.59. The van der Waals surface area contributed by atoms with Gasteiger partial charge in [0, 0.05) is 29.6 Å². The molecule has 1 heterocycles. The Morgan fingerprint density at radius 2 is 1.71 bits per heavy atom. The Kier molecular flexibility index (Phi) is 5.98. The molecule has 0 amide bonds. The van der Waals surface area contributed by atoms with Gasteiger partial charge in [-0.15, -0.1) is 0 Å².